The summed E-state index contributed by atoms with van der Waals surface area (Å²) in [7, 11) is 1.45. The first-order valence-corrected chi connectivity index (χ1v) is 11.6. The van der Waals surface area contributed by atoms with Gasteiger partial charge < -0.3 is 14.4 Å². The Kier molecular flexibility index (Phi) is 5.62. The van der Waals surface area contributed by atoms with Crippen LogP contribution in [-0.2, 0) is 16.9 Å². The van der Waals surface area contributed by atoms with Crippen LogP contribution in [0.15, 0.2) is 47.4 Å². The van der Waals surface area contributed by atoms with Crippen molar-refractivity contribution in [2.75, 3.05) is 27.3 Å². The Hall–Kier alpha value is -3.07. The molecular weight excluding hydrogens is 418 g/mol. The van der Waals surface area contributed by atoms with Crippen LogP contribution in [0.5, 0.6) is 11.6 Å². The van der Waals surface area contributed by atoms with Gasteiger partial charge in [0.2, 0.25) is 5.88 Å². The van der Waals surface area contributed by atoms with Gasteiger partial charge in [0, 0.05) is 25.7 Å². The van der Waals surface area contributed by atoms with E-state index in [1.165, 1.54) is 0 Å². The molecule has 0 N–H and O–H groups in total. The summed E-state index contributed by atoms with van der Waals surface area (Å²) in [5, 5.41) is 4.73. The van der Waals surface area contributed by atoms with Gasteiger partial charge in [-0.2, -0.15) is 5.10 Å². The smallest absolute Gasteiger partial charge is 0.253 e. The molecule has 2 aromatic carbocycles. The Morgan fingerprint density at radius 1 is 1.03 bits per heavy atom. The molecule has 1 aliphatic rings. The van der Waals surface area contributed by atoms with E-state index in [1.807, 2.05) is 6.07 Å². The first kappa shape index (κ1) is 21.2. The topological polar surface area (TPSA) is 90.7 Å². The number of likely N-dealkylation sites (tertiary alicyclic amines) is 1. The van der Waals surface area contributed by atoms with Crippen LogP contribution < -0.4 is 9.47 Å². The molecule has 1 aliphatic heterocycles. The van der Waals surface area contributed by atoms with Crippen molar-refractivity contribution in [1.82, 2.24) is 14.7 Å². The number of methoxy groups -OCH3 is 2. The number of carbonyl (C=O) groups excluding carboxylic acids is 1. The molecule has 31 heavy (non-hydrogen) atoms. The van der Waals surface area contributed by atoms with Gasteiger partial charge in [0.1, 0.15) is 5.75 Å². The average Bonchev–Trinajstić information content (AvgIpc) is 3.12. The Labute approximate surface area is 181 Å². The Morgan fingerprint density at radius 2 is 1.71 bits per heavy atom. The Balaban J connectivity index is 1.46. The standard InChI is InChI=1S/C22H25N3O5S/c1-24-22(30-3)19-9-4-15(14-20(19)23-24)21(26)25-12-10-18(11-13-25)31(27,28)17-7-5-16(29-2)6-8-17/h4-9,14,18H,10-13H2,1-3H3. The minimum Gasteiger partial charge on any atom is -0.497 e. The second-order valence-corrected chi connectivity index (χ2v) is 9.80. The number of rotatable bonds is 5. The SMILES string of the molecule is COc1ccc(S(=O)(=O)C2CCN(C(=O)c3ccc4c(OC)n(C)nc4c3)CC2)cc1. The number of sulfone groups is 1. The molecule has 0 saturated carbocycles. The highest BCUT2D eigenvalue weighted by atomic mass is 32.2. The minimum absolute atomic E-state index is 0.119. The lowest BCUT2D eigenvalue weighted by molar-refractivity contribution is 0.0726. The molecule has 4 rings (SSSR count). The second-order valence-electron chi connectivity index (χ2n) is 7.58. The van der Waals surface area contributed by atoms with Crippen LogP contribution in [0.25, 0.3) is 10.9 Å². The molecule has 0 bridgehead atoms. The fourth-order valence-corrected chi connectivity index (χ4v) is 5.79. The first-order chi connectivity index (χ1) is 14.8. The minimum atomic E-state index is -3.45. The van der Waals surface area contributed by atoms with E-state index < -0.39 is 15.1 Å². The third-order valence-electron chi connectivity index (χ3n) is 5.78. The number of carbonyl (C=O) groups is 1. The van der Waals surface area contributed by atoms with E-state index in [2.05, 4.69) is 5.10 Å². The second kappa shape index (κ2) is 8.22. The quantitative estimate of drug-likeness (QED) is 0.602. The fourth-order valence-electron chi connectivity index (χ4n) is 4.06. The van der Waals surface area contributed by atoms with E-state index in [4.69, 9.17) is 9.47 Å². The molecule has 0 atom stereocenters. The third kappa shape index (κ3) is 3.85. The maximum atomic E-state index is 13.0. The molecule has 0 unspecified atom stereocenters. The predicted molar refractivity (Wildman–Crippen MR) is 116 cm³/mol. The van der Waals surface area contributed by atoms with Gasteiger partial charge in [0.25, 0.3) is 5.91 Å². The number of nitrogens with zero attached hydrogens (tertiary/aromatic N) is 3. The molecule has 164 valence electrons. The number of aromatic nitrogens is 2. The number of ether oxygens (including phenoxy) is 2. The van der Waals surface area contributed by atoms with Gasteiger partial charge in [-0.05, 0) is 55.3 Å². The molecular formula is C22H25N3O5S. The van der Waals surface area contributed by atoms with Crippen molar-refractivity contribution in [2.45, 2.75) is 23.0 Å². The first-order valence-electron chi connectivity index (χ1n) is 10.0. The summed E-state index contributed by atoms with van der Waals surface area (Å²) in [5.74, 6) is 1.13. The van der Waals surface area contributed by atoms with Gasteiger partial charge in [-0.15, -0.1) is 0 Å². The van der Waals surface area contributed by atoms with Crippen LogP contribution in [0, 0.1) is 0 Å². The van der Waals surface area contributed by atoms with Crippen LogP contribution in [0.3, 0.4) is 0 Å². The van der Waals surface area contributed by atoms with Gasteiger partial charge in [0.15, 0.2) is 9.84 Å². The summed E-state index contributed by atoms with van der Waals surface area (Å²) in [6.07, 6.45) is 0.805. The fraction of sp³-hybridized carbons (Fsp3) is 0.364. The molecule has 9 heteroatoms. The zero-order chi connectivity index (χ0) is 22.2. The van der Waals surface area contributed by atoms with Crippen molar-refractivity contribution in [3.63, 3.8) is 0 Å². The maximum absolute atomic E-state index is 13.0. The van der Waals surface area contributed by atoms with E-state index >= 15 is 0 Å². The van der Waals surface area contributed by atoms with E-state index in [1.54, 1.807) is 67.2 Å². The number of aryl methyl sites for hydroxylation is 1. The normalized spacial score (nSPS) is 15.3. The predicted octanol–water partition coefficient (Wildman–Crippen LogP) is 2.67. The Bertz CT molecular complexity index is 1210. The monoisotopic (exact) mass is 443 g/mol. The lowest BCUT2D eigenvalue weighted by Crippen LogP contribution is -2.42. The lowest BCUT2D eigenvalue weighted by Gasteiger charge is -2.31. The van der Waals surface area contributed by atoms with Crippen LogP contribution in [0.1, 0.15) is 23.2 Å². The summed E-state index contributed by atoms with van der Waals surface area (Å²) in [6.45, 7) is 0.783. The Morgan fingerprint density at radius 3 is 2.32 bits per heavy atom. The van der Waals surface area contributed by atoms with Crippen molar-refractivity contribution in [1.29, 1.82) is 0 Å². The average molecular weight is 444 g/mol. The van der Waals surface area contributed by atoms with Crippen LogP contribution in [-0.4, -0.2) is 61.6 Å². The molecule has 8 nitrogen and oxygen atoms in total. The molecule has 1 aromatic heterocycles. The molecule has 1 fully saturated rings. The van der Waals surface area contributed by atoms with Crippen molar-refractivity contribution >= 4 is 26.6 Å². The van der Waals surface area contributed by atoms with Crippen molar-refractivity contribution in [3.05, 3.63) is 48.0 Å². The molecule has 1 amide bonds. The summed E-state index contributed by atoms with van der Waals surface area (Å²) >= 11 is 0. The third-order valence-corrected chi connectivity index (χ3v) is 8.05. The highest BCUT2D eigenvalue weighted by Gasteiger charge is 2.33. The molecule has 0 radical (unpaired) electrons. The van der Waals surface area contributed by atoms with E-state index in [9.17, 15) is 13.2 Å². The maximum Gasteiger partial charge on any atom is 0.253 e. The zero-order valence-electron chi connectivity index (χ0n) is 17.7. The highest BCUT2D eigenvalue weighted by molar-refractivity contribution is 7.92. The molecule has 2 heterocycles. The van der Waals surface area contributed by atoms with Crippen LogP contribution in [0.4, 0.5) is 0 Å². The van der Waals surface area contributed by atoms with Gasteiger partial charge in [-0.3, -0.25) is 4.79 Å². The van der Waals surface area contributed by atoms with E-state index in [0.29, 0.717) is 48.6 Å². The summed E-state index contributed by atoms with van der Waals surface area (Å²) in [4.78, 5) is 15.0. The van der Waals surface area contributed by atoms with Gasteiger partial charge in [-0.1, -0.05) is 0 Å². The molecule has 0 spiro atoms. The van der Waals surface area contributed by atoms with E-state index in [0.717, 1.165) is 5.39 Å². The van der Waals surface area contributed by atoms with E-state index in [-0.39, 0.29) is 10.8 Å². The van der Waals surface area contributed by atoms with Crippen molar-refractivity contribution in [3.8, 4) is 11.6 Å². The molecule has 3 aromatic rings. The number of amides is 1. The zero-order valence-corrected chi connectivity index (χ0v) is 18.6. The number of fused-ring (bicyclic) bond motifs is 1. The number of hydrogen-bond acceptors (Lipinski definition) is 6. The largest absolute Gasteiger partial charge is 0.497 e. The lowest BCUT2D eigenvalue weighted by atomic mass is 10.1. The summed E-state index contributed by atoms with van der Waals surface area (Å²) in [6, 6.07) is 11.8. The molecule has 0 aliphatic carbocycles. The number of piperidine rings is 1. The number of benzene rings is 2. The van der Waals surface area contributed by atoms with Crippen molar-refractivity contribution in [2.24, 2.45) is 7.05 Å². The summed E-state index contributed by atoms with van der Waals surface area (Å²) in [5.41, 5.74) is 1.21. The van der Waals surface area contributed by atoms with Crippen LogP contribution in [0.2, 0.25) is 0 Å². The van der Waals surface area contributed by atoms with Crippen LogP contribution >= 0.6 is 0 Å². The number of hydrogen-bond donors (Lipinski definition) is 0. The summed E-state index contributed by atoms with van der Waals surface area (Å²) < 4.78 is 38.0. The van der Waals surface area contributed by atoms with Gasteiger partial charge >= 0.3 is 0 Å². The van der Waals surface area contributed by atoms with Crippen molar-refractivity contribution < 1.29 is 22.7 Å². The highest BCUT2D eigenvalue weighted by Crippen LogP contribution is 2.28. The molecule has 1 saturated heterocycles. The van der Waals surface area contributed by atoms with Gasteiger partial charge in [0.05, 0.1) is 35.3 Å². The van der Waals surface area contributed by atoms with Gasteiger partial charge in [-0.25, -0.2) is 13.1 Å².